The molecule has 0 saturated carbocycles. The Balaban J connectivity index is 1.46. The Morgan fingerprint density at radius 1 is 1.00 bits per heavy atom. The highest BCUT2D eigenvalue weighted by molar-refractivity contribution is 5.94. The Morgan fingerprint density at radius 2 is 1.74 bits per heavy atom. The number of methoxy groups -OCH3 is 1. The summed E-state index contributed by atoms with van der Waals surface area (Å²) in [5, 5.41) is 6.91. The van der Waals surface area contributed by atoms with Gasteiger partial charge in [0.1, 0.15) is 5.75 Å². The molecule has 2 aromatic rings. The molecule has 7 nitrogen and oxygen atoms in total. The van der Waals surface area contributed by atoms with Gasteiger partial charge in [-0.2, -0.15) is 0 Å². The van der Waals surface area contributed by atoms with Gasteiger partial charge >= 0.3 is 0 Å². The zero-order valence-electron chi connectivity index (χ0n) is 18.3. The molecule has 4 rings (SSSR count). The number of hydrogen-bond donors (Lipinski definition) is 2. The van der Waals surface area contributed by atoms with E-state index >= 15 is 0 Å². The lowest BCUT2D eigenvalue weighted by Crippen LogP contribution is -2.46. The van der Waals surface area contributed by atoms with Gasteiger partial charge in [0.25, 0.3) is 0 Å². The van der Waals surface area contributed by atoms with E-state index in [-0.39, 0.29) is 5.41 Å². The lowest BCUT2D eigenvalue weighted by atomic mass is 9.74. The fraction of sp³-hybridized carbons (Fsp3) is 0.458. The predicted octanol–water partition coefficient (Wildman–Crippen LogP) is 3.59. The summed E-state index contributed by atoms with van der Waals surface area (Å²) in [7, 11) is 3.47. The highest BCUT2D eigenvalue weighted by atomic mass is 16.5. The molecule has 31 heavy (non-hydrogen) atoms. The molecule has 1 fully saturated rings. The number of rotatable bonds is 5. The summed E-state index contributed by atoms with van der Waals surface area (Å²) in [4.78, 5) is 4.42. The summed E-state index contributed by atoms with van der Waals surface area (Å²) in [6.45, 7) is 3.60. The van der Waals surface area contributed by atoms with E-state index < -0.39 is 0 Å². The maximum absolute atomic E-state index is 5.80. The minimum Gasteiger partial charge on any atom is -0.497 e. The van der Waals surface area contributed by atoms with Crippen LogP contribution in [0.1, 0.15) is 24.8 Å². The van der Waals surface area contributed by atoms with Crippen molar-refractivity contribution in [2.75, 3.05) is 52.4 Å². The summed E-state index contributed by atoms with van der Waals surface area (Å²) >= 11 is 0. The van der Waals surface area contributed by atoms with Crippen LogP contribution in [0.4, 0.5) is 5.69 Å². The van der Waals surface area contributed by atoms with Gasteiger partial charge in [0.05, 0.1) is 20.3 Å². The highest BCUT2D eigenvalue weighted by Gasteiger charge is 2.34. The summed E-state index contributed by atoms with van der Waals surface area (Å²) in [5.41, 5.74) is 2.17. The molecule has 0 radical (unpaired) electrons. The lowest BCUT2D eigenvalue weighted by Gasteiger charge is -2.38. The van der Waals surface area contributed by atoms with Gasteiger partial charge < -0.3 is 29.6 Å². The van der Waals surface area contributed by atoms with E-state index in [1.165, 1.54) is 5.56 Å². The zero-order valence-corrected chi connectivity index (χ0v) is 18.3. The SMILES string of the molecule is CN=C(NCC1(c2ccc(OC)cc2)CCOCC1)Nc1ccc2c(c1)OCCCO2. The normalized spacial score (nSPS) is 18.1. The number of nitrogens with one attached hydrogen (secondary N) is 2. The summed E-state index contributed by atoms with van der Waals surface area (Å²) in [5.74, 6) is 3.13. The van der Waals surface area contributed by atoms with E-state index in [4.69, 9.17) is 18.9 Å². The average molecular weight is 426 g/mol. The molecule has 2 N–H and O–H groups in total. The van der Waals surface area contributed by atoms with Crippen molar-refractivity contribution in [1.82, 2.24) is 5.32 Å². The molecule has 2 aliphatic heterocycles. The van der Waals surface area contributed by atoms with Gasteiger partial charge in [-0.1, -0.05) is 12.1 Å². The molecule has 0 aromatic heterocycles. The van der Waals surface area contributed by atoms with Crippen LogP contribution in [0.25, 0.3) is 0 Å². The quantitative estimate of drug-likeness (QED) is 0.563. The summed E-state index contributed by atoms with van der Waals surface area (Å²) < 4.78 is 22.5. The van der Waals surface area contributed by atoms with E-state index in [1.807, 2.05) is 30.3 Å². The molecule has 0 bridgehead atoms. The average Bonchev–Trinajstić information content (AvgIpc) is 3.07. The van der Waals surface area contributed by atoms with Crippen molar-refractivity contribution in [3.63, 3.8) is 0 Å². The van der Waals surface area contributed by atoms with Crippen molar-refractivity contribution in [1.29, 1.82) is 0 Å². The molecule has 2 aromatic carbocycles. The Bertz CT molecular complexity index is 892. The van der Waals surface area contributed by atoms with Crippen LogP contribution < -0.4 is 24.8 Å². The van der Waals surface area contributed by atoms with E-state index in [0.29, 0.717) is 19.2 Å². The fourth-order valence-corrected chi connectivity index (χ4v) is 4.08. The van der Waals surface area contributed by atoms with Gasteiger partial charge in [-0.15, -0.1) is 0 Å². The van der Waals surface area contributed by atoms with E-state index in [2.05, 4.69) is 27.8 Å². The van der Waals surface area contributed by atoms with Crippen molar-refractivity contribution in [2.24, 2.45) is 4.99 Å². The van der Waals surface area contributed by atoms with Crippen LogP contribution in [0.5, 0.6) is 17.2 Å². The topological polar surface area (TPSA) is 73.3 Å². The minimum absolute atomic E-state index is 0.0210. The van der Waals surface area contributed by atoms with Gasteiger partial charge in [-0.3, -0.25) is 4.99 Å². The third-order valence-corrected chi connectivity index (χ3v) is 5.98. The van der Waals surface area contributed by atoms with Crippen LogP contribution in [0.15, 0.2) is 47.5 Å². The number of aliphatic imine (C=N–C) groups is 1. The predicted molar refractivity (Wildman–Crippen MR) is 122 cm³/mol. The molecular weight excluding hydrogens is 394 g/mol. The highest BCUT2D eigenvalue weighted by Crippen LogP contribution is 2.35. The first-order valence-electron chi connectivity index (χ1n) is 10.8. The van der Waals surface area contributed by atoms with Crippen LogP contribution >= 0.6 is 0 Å². The first-order valence-corrected chi connectivity index (χ1v) is 10.8. The van der Waals surface area contributed by atoms with Crippen LogP contribution in [0.3, 0.4) is 0 Å². The molecular formula is C24H31N3O4. The molecule has 2 heterocycles. The Labute approximate surface area is 183 Å². The van der Waals surface area contributed by atoms with Crippen LogP contribution in [0, 0.1) is 0 Å². The molecule has 0 spiro atoms. The third-order valence-electron chi connectivity index (χ3n) is 5.98. The van der Waals surface area contributed by atoms with Gasteiger partial charge in [0.15, 0.2) is 17.5 Å². The summed E-state index contributed by atoms with van der Waals surface area (Å²) in [6, 6.07) is 14.2. The third kappa shape index (κ3) is 5.05. The fourth-order valence-electron chi connectivity index (χ4n) is 4.08. The minimum atomic E-state index is -0.0210. The first-order chi connectivity index (χ1) is 15.2. The van der Waals surface area contributed by atoms with Crippen molar-refractivity contribution in [3.8, 4) is 17.2 Å². The van der Waals surface area contributed by atoms with Crippen LogP contribution in [0.2, 0.25) is 0 Å². The molecule has 0 unspecified atom stereocenters. The lowest BCUT2D eigenvalue weighted by molar-refractivity contribution is 0.0514. The summed E-state index contributed by atoms with van der Waals surface area (Å²) in [6.07, 6.45) is 2.79. The number of guanidine groups is 1. The van der Waals surface area contributed by atoms with E-state index in [9.17, 15) is 0 Å². The number of ether oxygens (including phenoxy) is 4. The number of hydrogen-bond acceptors (Lipinski definition) is 5. The standard InChI is InChI=1S/C24H31N3O4/c1-25-23(27-19-6-9-21-22(16-19)31-13-3-12-30-21)26-17-24(10-14-29-15-11-24)18-4-7-20(28-2)8-5-18/h4-9,16H,3,10-15,17H2,1-2H3,(H2,25,26,27). The van der Waals surface area contributed by atoms with Gasteiger partial charge in [0, 0.05) is 50.4 Å². The van der Waals surface area contributed by atoms with E-state index in [1.54, 1.807) is 14.2 Å². The second kappa shape index (κ2) is 9.92. The van der Waals surface area contributed by atoms with Gasteiger partial charge in [0.2, 0.25) is 0 Å². The second-order valence-electron chi connectivity index (χ2n) is 7.88. The molecule has 7 heteroatoms. The van der Waals surface area contributed by atoms with E-state index in [0.717, 1.165) is 62.0 Å². The van der Waals surface area contributed by atoms with Gasteiger partial charge in [-0.05, 0) is 42.7 Å². The molecule has 0 amide bonds. The second-order valence-corrected chi connectivity index (χ2v) is 7.88. The number of anilines is 1. The maximum Gasteiger partial charge on any atom is 0.195 e. The van der Waals surface area contributed by atoms with Crippen LogP contribution in [-0.4, -0.2) is 53.1 Å². The number of benzene rings is 2. The van der Waals surface area contributed by atoms with Gasteiger partial charge in [-0.25, -0.2) is 0 Å². The van der Waals surface area contributed by atoms with Crippen LogP contribution in [-0.2, 0) is 10.2 Å². The molecule has 0 atom stereocenters. The molecule has 166 valence electrons. The van der Waals surface area contributed by atoms with Crippen molar-refractivity contribution in [2.45, 2.75) is 24.7 Å². The number of nitrogens with zero attached hydrogens (tertiary/aromatic N) is 1. The first kappa shape index (κ1) is 21.3. The zero-order chi connectivity index (χ0) is 21.5. The molecule has 2 aliphatic rings. The Morgan fingerprint density at radius 3 is 2.45 bits per heavy atom. The molecule has 0 aliphatic carbocycles. The Hall–Kier alpha value is -2.93. The Kier molecular flexibility index (Phi) is 6.82. The van der Waals surface area contributed by atoms with Crippen molar-refractivity contribution in [3.05, 3.63) is 48.0 Å². The molecule has 1 saturated heterocycles. The smallest absolute Gasteiger partial charge is 0.195 e. The van der Waals surface area contributed by atoms with Crippen molar-refractivity contribution < 1.29 is 18.9 Å². The largest absolute Gasteiger partial charge is 0.497 e. The maximum atomic E-state index is 5.80. The number of fused-ring (bicyclic) bond motifs is 1. The van der Waals surface area contributed by atoms with Crippen molar-refractivity contribution >= 4 is 11.6 Å². The monoisotopic (exact) mass is 425 g/mol.